The third kappa shape index (κ3) is 4.72. The van der Waals surface area contributed by atoms with Crippen LogP contribution in [0.25, 0.3) is 6.08 Å². The van der Waals surface area contributed by atoms with Crippen LogP contribution in [0.15, 0.2) is 35.2 Å². The molecule has 1 saturated heterocycles. The van der Waals surface area contributed by atoms with Crippen LogP contribution in [-0.4, -0.2) is 34.0 Å². The molecule has 2 aromatic rings. The van der Waals surface area contributed by atoms with E-state index in [1.54, 1.807) is 18.2 Å². The number of amides is 2. The van der Waals surface area contributed by atoms with Crippen molar-refractivity contribution in [3.05, 3.63) is 66.5 Å². The van der Waals surface area contributed by atoms with Crippen molar-refractivity contribution in [3.63, 3.8) is 0 Å². The zero-order valence-corrected chi connectivity index (χ0v) is 18.9. The van der Waals surface area contributed by atoms with Crippen molar-refractivity contribution in [2.75, 3.05) is 7.11 Å². The highest BCUT2D eigenvalue weighted by Crippen LogP contribution is 2.42. The number of ether oxygens (including phenoxy) is 2. The normalized spacial score (nSPS) is 14.8. The Morgan fingerprint density at radius 2 is 1.88 bits per heavy atom. The van der Waals surface area contributed by atoms with Crippen LogP contribution in [0.2, 0.25) is 10.0 Å². The van der Waals surface area contributed by atoms with E-state index in [2.05, 4.69) is 0 Å². The van der Waals surface area contributed by atoms with Gasteiger partial charge in [0.1, 0.15) is 0 Å². The summed E-state index contributed by atoms with van der Waals surface area (Å²) in [6.45, 7) is 0.967. The molecule has 1 fully saturated rings. The number of hydrogen-bond donors (Lipinski definition) is 0. The van der Waals surface area contributed by atoms with Gasteiger partial charge in [0.15, 0.2) is 0 Å². The summed E-state index contributed by atoms with van der Waals surface area (Å²) in [6.07, 6.45) is 1.29. The number of nitro groups is 1. The lowest BCUT2D eigenvalue weighted by molar-refractivity contribution is -0.386. The van der Waals surface area contributed by atoms with Gasteiger partial charge in [-0.3, -0.25) is 29.4 Å². The highest BCUT2D eigenvalue weighted by molar-refractivity contribution is 8.18. The molecular weight excluding hydrogens is 483 g/mol. The molecule has 0 aliphatic carbocycles. The van der Waals surface area contributed by atoms with Gasteiger partial charge in [-0.25, -0.2) is 0 Å². The number of carbonyl (C=O) groups is 3. The van der Waals surface area contributed by atoms with Crippen molar-refractivity contribution in [2.24, 2.45) is 0 Å². The Morgan fingerprint density at radius 1 is 1.22 bits per heavy atom. The number of methoxy groups -OCH3 is 1. The van der Waals surface area contributed by atoms with Gasteiger partial charge in [-0.05, 0) is 42.1 Å². The number of esters is 1. The summed E-state index contributed by atoms with van der Waals surface area (Å²) in [5.74, 6) is -1.90. The van der Waals surface area contributed by atoms with Crippen molar-refractivity contribution in [2.45, 2.75) is 13.5 Å². The van der Waals surface area contributed by atoms with Gasteiger partial charge in [0.05, 0.1) is 23.5 Å². The number of carbonyl (C=O) groups excluding carboxylic acids is 3. The molecule has 32 heavy (non-hydrogen) atoms. The van der Waals surface area contributed by atoms with Gasteiger partial charge < -0.3 is 9.47 Å². The standard InChI is InChI=1S/C20H14Cl2N2O7S/c1-10(25)31-15-7-6-11(18(30-2)17(15)24(28)29)8-16-19(26)23(20(27)32-16)9-12-13(21)4-3-5-14(12)22/h3-8H,9H2,1-2H3/b16-8-. The van der Waals surface area contributed by atoms with E-state index in [0.29, 0.717) is 27.4 Å². The van der Waals surface area contributed by atoms with E-state index in [0.717, 1.165) is 11.8 Å². The lowest BCUT2D eigenvalue weighted by atomic mass is 10.1. The van der Waals surface area contributed by atoms with Crippen LogP contribution in [-0.2, 0) is 16.1 Å². The minimum Gasteiger partial charge on any atom is -0.490 e. The first kappa shape index (κ1) is 23.6. The van der Waals surface area contributed by atoms with Gasteiger partial charge in [-0.1, -0.05) is 29.3 Å². The molecule has 0 bridgehead atoms. The second kappa shape index (κ2) is 9.60. The van der Waals surface area contributed by atoms with E-state index in [1.807, 2.05) is 0 Å². The quantitative estimate of drug-likeness (QED) is 0.179. The summed E-state index contributed by atoms with van der Waals surface area (Å²) in [4.78, 5) is 48.4. The van der Waals surface area contributed by atoms with Gasteiger partial charge in [-0.15, -0.1) is 0 Å². The zero-order valence-electron chi connectivity index (χ0n) is 16.6. The Kier molecular flexibility index (Phi) is 7.07. The fourth-order valence-corrected chi connectivity index (χ4v) is 4.27. The molecule has 166 valence electrons. The molecule has 0 spiro atoms. The van der Waals surface area contributed by atoms with Crippen LogP contribution in [0.5, 0.6) is 11.5 Å². The second-order valence-electron chi connectivity index (χ2n) is 6.35. The molecule has 9 nitrogen and oxygen atoms in total. The number of rotatable bonds is 6. The van der Waals surface area contributed by atoms with E-state index < -0.39 is 27.7 Å². The summed E-state index contributed by atoms with van der Waals surface area (Å²) < 4.78 is 10.0. The van der Waals surface area contributed by atoms with Crippen molar-refractivity contribution in [1.29, 1.82) is 0 Å². The SMILES string of the molecule is COc1c(/C=C2\SC(=O)N(Cc3c(Cl)cccc3Cl)C2=O)ccc(OC(C)=O)c1[N+](=O)[O-]. The van der Waals surface area contributed by atoms with E-state index in [9.17, 15) is 24.5 Å². The molecule has 0 aromatic heterocycles. The minimum absolute atomic E-state index is 0.0195. The molecule has 0 unspecified atom stereocenters. The van der Waals surface area contributed by atoms with Gasteiger partial charge in [0.25, 0.3) is 11.1 Å². The van der Waals surface area contributed by atoms with Crippen molar-refractivity contribution >= 4 is 63.8 Å². The van der Waals surface area contributed by atoms with Crippen molar-refractivity contribution in [1.82, 2.24) is 4.90 Å². The second-order valence-corrected chi connectivity index (χ2v) is 8.16. The highest BCUT2D eigenvalue weighted by atomic mass is 35.5. The first-order chi connectivity index (χ1) is 15.1. The van der Waals surface area contributed by atoms with E-state index in [1.165, 1.54) is 25.3 Å². The van der Waals surface area contributed by atoms with Gasteiger partial charge >= 0.3 is 11.7 Å². The lowest BCUT2D eigenvalue weighted by Crippen LogP contribution is -2.27. The van der Waals surface area contributed by atoms with E-state index >= 15 is 0 Å². The minimum atomic E-state index is -0.764. The third-order valence-electron chi connectivity index (χ3n) is 4.30. The molecule has 0 atom stereocenters. The summed E-state index contributed by atoms with van der Waals surface area (Å²) in [7, 11) is 1.20. The van der Waals surface area contributed by atoms with Crippen LogP contribution in [0.1, 0.15) is 18.1 Å². The number of nitrogens with zero attached hydrogens (tertiary/aromatic N) is 2. The average Bonchev–Trinajstić information content (AvgIpc) is 2.97. The Hall–Kier alpha value is -3.08. The number of thioether (sulfide) groups is 1. The molecule has 2 amide bonds. The van der Waals surface area contributed by atoms with Crippen molar-refractivity contribution in [3.8, 4) is 11.5 Å². The number of hydrogen-bond acceptors (Lipinski definition) is 8. The molecule has 12 heteroatoms. The van der Waals surface area contributed by atoms with Crippen molar-refractivity contribution < 1.29 is 28.8 Å². The van der Waals surface area contributed by atoms with E-state index in [-0.39, 0.29) is 28.5 Å². The number of nitro benzene ring substituents is 1. The first-order valence-electron chi connectivity index (χ1n) is 8.86. The molecule has 1 aliphatic rings. The van der Waals surface area contributed by atoms with E-state index in [4.69, 9.17) is 32.7 Å². The molecule has 0 radical (unpaired) electrons. The van der Waals surface area contributed by atoms with Crippen LogP contribution < -0.4 is 9.47 Å². The maximum Gasteiger partial charge on any atom is 0.353 e. The first-order valence-corrected chi connectivity index (χ1v) is 10.4. The van der Waals surface area contributed by atoms with Crippen LogP contribution in [0.4, 0.5) is 10.5 Å². The maximum absolute atomic E-state index is 12.9. The lowest BCUT2D eigenvalue weighted by Gasteiger charge is -2.14. The Balaban J connectivity index is 1.99. The Bertz CT molecular complexity index is 1160. The number of benzene rings is 2. The summed E-state index contributed by atoms with van der Waals surface area (Å²) in [5, 5.41) is 11.6. The van der Waals surface area contributed by atoms with Crippen LogP contribution in [0, 0.1) is 10.1 Å². The topological polar surface area (TPSA) is 116 Å². The summed E-state index contributed by atoms with van der Waals surface area (Å²) >= 11 is 12.9. The molecule has 0 saturated carbocycles. The Morgan fingerprint density at radius 3 is 2.44 bits per heavy atom. The van der Waals surface area contributed by atoms with Gasteiger partial charge in [0, 0.05) is 28.1 Å². The van der Waals surface area contributed by atoms with Crippen LogP contribution >= 0.6 is 35.0 Å². The fraction of sp³-hybridized carbons (Fsp3) is 0.150. The third-order valence-corrected chi connectivity index (χ3v) is 5.92. The highest BCUT2D eigenvalue weighted by Gasteiger charge is 2.36. The number of halogens is 2. The number of imide groups is 1. The van der Waals surface area contributed by atoms with Gasteiger partial charge in [0.2, 0.25) is 11.5 Å². The average molecular weight is 497 g/mol. The molecule has 1 heterocycles. The molecule has 1 aliphatic heterocycles. The molecule has 3 rings (SSSR count). The molecule has 0 N–H and O–H groups in total. The summed E-state index contributed by atoms with van der Waals surface area (Å²) in [6, 6.07) is 7.41. The Labute approximate surface area is 196 Å². The fourth-order valence-electron chi connectivity index (χ4n) is 2.93. The predicted molar refractivity (Wildman–Crippen MR) is 119 cm³/mol. The van der Waals surface area contributed by atoms with Crippen LogP contribution in [0.3, 0.4) is 0 Å². The van der Waals surface area contributed by atoms with Gasteiger partial charge in [-0.2, -0.15) is 0 Å². The largest absolute Gasteiger partial charge is 0.490 e. The monoisotopic (exact) mass is 496 g/mol. The molecule has 2 aromatic carbocycles. The maximum atomic E-state index is 12.9. The molecular formula is C20H14Cl2N2O7S. The zero-order chi connectivity index (χ0) is 23.6. The summed E-state index contributed by atoms with van der Waals surface area (Å²) in [5.41, 5.74) is -0.0201. The smallest absolute Gasteiger partial charge is 0.353 e. The predicted octanol–water partition coefficient (Wildman–Crippen LogP) is 5.07.